The van der Waals surface area contributed by atoms with E-state index in [2.05, 4.69) is 18.8 Å². The number of hydrogen-bond donors (Lipinski definition) is 3. The van der Waals surface area contributed by atoms with Gasteiger partial charge in [0.05, 0.1) is 0 Å². The number of carbonyl (C=O) groups is 1. The molecule has 0 radical (unpaired) electrons. The number of aromatic nitrogens is 1. The van der Waals surface area contributed by atoms with Crippen molar-refractivity contribution in [3.63, 3.8) is 0 Å². The molecular formula is C16H22N2O2. The van der Waals surface area contributed by atoms with Gasteiger partial charge in [0.15, 0.2) is 0 Å². The van der Waals surface area contributed by atoms with E-state index in [4.69, 9.17) is 5.73 Å². The van der Waals surface area contributed by atoms with Crippen molar-refractivity contribution in [1.29, 1.82) is 0 Å². The van der Waals surface area contributed by atoms with Crippen LogP contribution in [-0.4, -0.2) is 22.1 Å². The number of benzene rings is 1. The molecule has 108 valence electrons. The first-order chi connectivity index (χ1) is 9.60. The van der Waals surface area contributed by atoms with Gasteiger partial charge in [0.2, 0.25) is 0 Å². The molecule has 20 heavy (non-hydrogen) atoms. The first-order valence-corrected chi connectivity index (χ1v) is 7.14. The van der Waals surface area contributed by atoms with Crippen molar-refractivity contribution in [2.75, 3.05) is 0 Å². The number of hydrogen-bond acceptors (Lipinski definition) is 2. The van der Waals surface area contributed by atoms with Crippen LogP contribution < -0.4 is 5.73 Å². The fourth-order valence-electron chi connectivity index (χ4n) is 3.06. The van der Waals surface area contributed by atoms with Gasteiger partial charge in [-0.25, -0.2) is 0 Å². The van der Waals surface area contributed by atoms with Gasteiger partial charge in [-0.1, -0.05) is 44.9 Å². The molecule has 2 atom stereocenters. The highest BCUT2D eigenvalue weighted by Gasteiger charge is 2.32. The summed E-state index contributed by atoms with van der Waals surface area (Å²) in [6.07, 6.45) is 3.75. The molecule has 0 spiro atoms. The molecule has 4 N–H and O–H groups in total. The van der Waals surface area contributed by atoms with Crippen molar-refractivity contribution in [3.05, 3.63) is 36.0 Å². The minimum Gasteiger partial charge on any atom is -0.480 e. The van der Waals surface area contributed by atoms with Crippen LogP contribution in [0.5, 0.6) is 0 Å². The average molecular weight is 274 g/mol. The van der Waals surface area contributed by atoms with Gasteiger partial charge >= 0.3 is 5.97 Å². The van der Waals surface area contributed by atoms with Crippen LogP contribution in [0.2, 0.25) is 0 Å². The summed E-state index contributed by atoms with van der Waals surface area (Å²) in [5.74, 6) is -0.842. The van der Waals surface area contributed by atoms with Gasteiger partial charge in [-0.3, -0.25) is 4.79 Å². The van der Waals surface area contributed by atoms with Crippen molar-refractivity contribution in [3.8, 4) is 0 Å². The number of aliphatic carboxylic acids is 1. The highest BCUT2D eigenvalue weighted by molar-refractivity contribution is 5.85. The van der Waals surface area contributed by atoms with E-state index >= 15 is 0 Å². The largest absolute Gasteiger partial charge is 0.480 e. The van der Waals surface area contributed by atoms with E-state index in [1.807, 2.05) is 30.5 Å². The fourth-order valence-corrected chi connectivity index (χ4v) is 3.06. The number of nitrogens with two attached hydrogens (primary N) is 1. The van der Waals surface area contributed by atoms with Crippen LogP contribution in [-0.2, 0) is 4.79 Å². The standard InChI is InChI=1S/C16H22N2O2/c1-3-10(4-2)14(15(17)16(19)20)12-9-18-13-8-6-5-7-11(12)13/h5-10,14-15,18H,3-4,17H2,1-2H3,(H,19,20)/t14-,15+/m0/s1. The Morgan fingerprint density at radius 3 is 2.55 bits per heavy atom. The number of nitrogens with one attached hydrogen (secondary N) is 1. The third-order valence-electron chi connectivity index (χ3n) is 4.21. The summed E-state index contributed by atoms with van der Waals surface area (Å²) in [5.41, 5.74) is 8.02. The molecule has 0 saturated heterocycles. The normalized spacial score (nSPS) is 14.6. The summed E-state index contributed by atoms with van der Waals surface area (Å²) in [5, 5.41) is 10.4. The Bertz CT molecular complexity index is 587. The molecule has 1 aromatic heterocycles. The zero-order valence-corrected chi connectivity index (χ0v) is 12.0. The molecule has 0 aliphatic rings. The van der Waals surface area contributed by atoms with Crippen molar-refractivity contribution in [2.45, 2.75) is 38.6 Å². The van der Waals surface area contributed by atoms with Gasteiger partial charge in [-0.05, 0) is 17.5 Å². The maximum Gasteiger partial charge on any atom is 0.321 e. The van der Waals surface area contributed by atoms with E-state index in [-0.39, 0.29) is 11.8 Å². The summed E-state index contributed by atoms with van der Waals surface area (Å²) >= 11 is 0. The predicted octanol–water partition coefficient (Wildman–Crippen LogP) is 3.10. The molecule has 0 amide bonds. The monoisotopic (exact) mass is 274 g/mol. The second kappa shape index (κ2) is 6.09. The third kappa shape index (κ3) is 2.56. The molecular weight excluding hydrogens is 252 g/mol. The molecule has 0 aliphatic heterocycles. The molecule has 1 heterocycles. The van der Waals surface area contributed by atoms with Crippen LogP contribution in [0.15, 0.2) is 30.5 Å². The first-order valence-electron chi connectivity index (χ1n) is 7.14. The number of carboxylic acid groups (broad SMARTS) is 1. The lowest BCUT2D eigenvalue weighted by molar-refractivity contribution is -0.139. The Hall–Kier alpha value is -1.81. The number of rotatable bonds is 6. The first kappa shape index (κ1) is 14.6. The van der Waals surface area contributed by atoms with Crippen LogP contribution in [0.4, 0.5) is 0 Å². The van der Waals surface area contributed by atoms with E-state index in [0.717, 1.165) is 29.3 Å². The lowest BCUT2D eigenvalue weighted by Crippen LogP contribution is -2.39. The van der Waals surface area contributed by atoms with Crippen molar-refractivity contribution < 1.29 is 9.90 Å². The summed E-state index contributed by atoms with van der Waals surface area (Å²) in [6.45, 7) is 4.18. The second-order valence-corrected chi connectivity index (χ2v) is 5.26. The van der Waals surface area contributed by atoms with Gasteiger partial charge in [-0.2, -0.15) is 0 Å². The number of aromatic amines is 1. The SMILES string of the molecule is CCC(CC)[C@@H](c1c[nH]c2ccccc12)[C@@H](N)C(=O)O. The summed E-state index contributed by atoms with van der Waals surface area (Å²) in [6, 6.07) is 7.07. The van der Waals surface area contributed by atoms with Gasteiger partial charge in [0.25, 0.3) is 0 Å². The van der Waals surface area contributed by atoms with Gasteiger partial charge in [-0.15, -0.1) is 0 Å². The minimum atomic E-state index is -0.938. The fraction of sp³-hybridized carbons (Fsp3) is 0.438. The summed E-state index contributed by atoms with van der Waals surface area (Å²) in [4.78, 5) is 14.6. The molecule has 4 heteroatoms. The lowest BCUT2D eigenvalue weighted by atomic mass is 9.78. The van der Waals surface area contributed by atoms with Gasteiger partial charge < -0.3 is 15.8 Å². The Balaban J connectivity index is 2.52. The molecule has 0 unspecified atom stereocenters. The Kier molecular flexibility index (Phi) is 4.45. The van der Waals surface area contributed by atoms with Crippen molar-refractivity contribution in [2.24, 2.45) is 11.7 Å². The average Bonchev–Trinajstić information content (AvgIpc) is 2.87. The van der Waals surface area contributed by atoms with Crippen LogP contribution in [0, 0.1) is 5.92 Å². The summed E-state index contributed by atoms with van der Waals surface area (Å²) < 4.78 is 0. The van der Waals surface area contributed by atoms with Crippen molar-refractivity contribution >= 4 is 16.9 Å². The number of H-pyrrole nitrogens is 1. The smallest absolute Gasteiger partial charge is 0.321 e. The zero-order chi connectivity index (χ0) is 14.7. The van der Waals surface area contributed by atoms with Gasteiger partial charge in [0, 0.05) is 23.0 Å². The Morgan fingerprint density at radius 1 is 1.30 bits per heavy atom. The highest BCUT2D eigenvalue weighted by Crippen LogP contribution is 2.36. The van der Waals surface area contributed by atoms with E-state index in [1.165, 1.54) is 0 Å². The molecule has 2 rings (SSSR count). The second-order valence-electron chi connectivity index (χ2n) is 5.26. The molecule has 0 aliphatic carbocycles. The number of fused-ring (bicyclic) bond motifs is 1. The predicted molar refractivity (Wildman–Crippen MR) is 80.7 cm³/mol. The molecule has 4 nitrogen and oxygen atoms in total. The van der Waals surface area contributed by atoms with Crippen LogP contribution >= 0.6 is 0 Å². The third-order valence-corrected chi connectivity index (χ3v) is 4.21. The maximum absolute atomic E-state index is 11.4. The molecule has 0 fully saturated rings. The van der Waals surface area contributed by atoms with Crippen LogP contribution in [0.1, 0.15) is 38.2 Å². The topological polar surface area (TPSA) is 79.1 Å². The molecule has 2 aromatic rings. The Morgan fingerprint density at radius 2 is 1.95 bits per heavy atom. The van der Waals surface area contributed by atoms with Gasteiger partial charge in [0.1, 0.15) is 6.04 Å². The zero-order valence-electron chi connectivity index (χ0n) is 12.0. The van der Waals surface area contributed by atoms with E-state index in [9.17, 15) is 9.90 Å². The van der Waals surface area contributed by atoms with E-state index in [1.54, 1.807) is 0 Å². The highest BCUT2D eigenvalue weighted by atomic mass is 16.4. The molecule has 1 aromatic carbocycles. The lowest BCUT2D eigenvalue weighted by Gasteiger charge is -2.28. The Labute approximate surface area is 119 Å². The van der Waals surface area contributed by atoms with Crippen LogP contribution in [0.25, 0.3) is 10.9 Å². The number of carboxylic acids is 1. The van der Waals surface area contributed by atoms with E-state index < -0.39 is 12.0 Å². The maximum atomic E-state index is 11.4. The quantitative estimate of drug-likeness (QED) is 0.757. The molecule has 0 bridgehead atoms. The van der Waals surface area contributed by atoms with E-state index in [0.29, 0.717) is 0 Å². The van der Waals surface area contributed by atoms with Crippen molar-refractivity contribution in [1.82, 2.24) is 4.98 Å². The van der Waals surface area contributed by atoms with Crippen LogP contribution in [0.3, 0.4) is 0 Å². The minimum absolute atomic E-state index is 0.168. The number of para-hydroxylation sites is 1. The summed E-state index contributed by atoms with van der Waals surface area (Å²) in [7, 11) is 0. The molecule has 0 saturated carbocycles.